The molecule has 1 saturated carbocycles. The molecule has 2 heterocycles. The third-order valence-electron chi connectivity index (χ3n) is 6.74. The SMILES string of the molecule is CN=C(NCc1cccnc1N1CCC(C(N)=O)CC1)N(C)CC1CCC(C)CC1.I. The van der Waals surface area contributed by atoms with E-state index >= 15 is 0 Å². The van der Waals surface area contributed by atoms with E-state index in [4.69, 9.17) is 5.73 Å². The summed E-state index contributed by atoms with van der Waals surface area (Å²) < 4.78 is 0. The number of amides is 1. The standard InChI is InChI=1S/C23H38N6O.HI/c1-17-6-8-18(9-7-17)16-28(3)23(25-2)27-15-20-5-4-12-26-22(20)29-13-10-19(11-14-29)21(24)30;/h4-5,12,17-19H,6-11,13-16H2,1-3H3,(H2,24,30)(H,25,27);1H. The summed E-state index contributed by atoms with van der Waals surface area (Å²) in [5.74, 6) is 3.35. The van der Waals surface area contributed by atoms with Gasteiger partial charge < -0.3 is 20.9 Å². The first kappa shape index (κ1) is 25.7. The smallest absolute Gasteiger partial charge is 0.220 e. The lowest BCUT2D eigenvalue weighted by Crippen LogP contribution is -2.42. The van der Waals surface area contributed by atoms with Crippen LogP contribution in [0.15, 0.2) is 23.3 Å². The summed E-state index contributed by atoms with van der Waals surface area (Å²) in [5.41, 5.74) is 6.63. The average molecular weight is 543 g/mol. The first-order valence-corrected chi connectivity index (χ1v) is 11.4. The molecule has 31 heavy (non-hydrogen) atoms. The van der Waals surface area contributed by atoms with Gasteiger partial charge in [-0.1, -0.05) is 25.8 Å². The molecule has 0 atom stereocenters. The summed E-state index contributed by atoms with van der Waals surface area (Å²) >= 11 is 0. The van der Waals surface area contributed by atoms with Gasteiger partial charge in [0, 0.05) is 58.0 Å². The fraction of sp³-hybridized carbons (Fsp3) is 0.696. The number of aliphatic imine (C=N–C) groups is 1. The molecule has 0 spiro atoms. The van der Waals surface area contributed by atoms with E-state index in [1.807, 2.05) is 19.3 Å². The zero-order chi connectivity index (χ0) is 21.5. The molecule has 1 aliphatic heterocycles. The lowest BCUT2D eigenvalue weighted by molar-refractivity contribution is -0.122. The van der Waals surface area contributed by atoms with E-state index in [0.29, 0.717) is 6.54 Å². The Bertz CT molecular complexity index is 727. The minimum Gasteiger partial charge on any atom is -0.369 e. The van der Waals surface area contributed by atoms with Crippen molar-refractivity contribution in [2.24, 2.45) is 28.5 Å². The second kappa shape index (κ2) is 12.5. The Kier molecular flexibility index (Phi) is 10.3. The van der Waals surface area contributed by atoms with Crippen LogP contribution in [-0.4, -0.2) is 55.5 Å². The number of halogens is 1. The van der Waals surface area contributed by atoms with Gasteiger partial charge in [-0.3, -0.25) is 9.79 Å². The van der Waals surface area contributed by atoms with E-state index < -0.39 is 0 Å². The second-order valence-corrected chi connectivity index (χ2v) is 9.06. The van der Waals surface area contributed by atoms with Crippen molar-refractivity contribution >= 4 is 41.7 Å². The van der Waals surface area contributed by atoms with Gasteiger partial charge in [-0.2, -0.15) is 0 Å². The van der Waals surface area contributed by atoms with Crippen molar-refractivity contribution < 1.29 is 4.79 Å². The van der Waals surface area contributed by atoms with Crippen LogP contribution in [0.3, 0.4) is 0 Å². The van der Waals surface area contributed by atoms with Crippen molar-refractivity contribution in [1.29, 1.82) is 0 Å². The normalized spacial score (nSPS) is 22.5. The molecule has 1 saturated heterocycles. The third-order valence-corrected chi connectivity index (χ3v) is 6.74. The number of nitrogens with one attached hydrogen (secondary N) is 1. The molecule has 3 rings (SSSR count). The molecule has 2 aliphatic rings. The molecule has 0 unspecified atom stereocenters. The zero-order valence-corrected chi connectivity index (χ0v) is 21.5. The maximum Gasteiger partial charge on any atom is 0.220 e. The van der Waals surface area contributed by atoms with Crippen LogP contribution in [0, 0.1) is 17.8 Å². The van der Waals surface area contributed by atoms with Gasteiger partial charge >= 0.3 is 0 Å². The number of primary amides is 1. The molecule has 174 valence electrons. The molecule has 0 radical (unpaired) electrons. The Morgan fingerprint density at radius 3 is 2.55 bits per heavy atom. The molecular weight excluding hydrogens is 503 g/mol. The number of rotatable bonds is 6. The van der Waals surface area contributed by atoms with Gasteiger partial charge in [-0.05, 0) is 43.6 Å². The Labute approximate surface area is 204 Å². The molecule has 1 aromatic rings. The van der Waals surface area contributed by atoms with E-state index in [1.165, 1.54) is 25.7 Å². The lowest BCUT2D eigenvalue weighted by Gasteiger charge is -2.33. The van der Waals surface area contributed by atoms with Gasteiger partial charge in [0.25, 0.3) is 0 Å². The van der Waals surface area contributed by atoms with E-state index in [2.05, 4.69) is 45.1 Å². The van der Waals surface area contributed by atoms with Crippen molar-refractivity contribution in [3.63, 3.8) is 0 Å². The number of guanidine groups is 1. The number of pyridine rings is 1. The van der Waals surface area contributed by atoms with Gasteiger partial charge in [-0.15, -0.1) is 24.0 Å². The highest BCUT2D eigenvalue weighted by atomic mass is 127. The molecule has 1 aromatic heterocycles. The van der Waals surface area contributed by atoms with Gasteiger partial charge in [0.2, 0.25) is 5.91 Å². The van der Waals surface area contributed by atoms with Crippen LogP contribution in [-0.2, 0) is 11.3 Å². The number of piperidine rings is 1. The number of anilines is 1. The van der Waals surface area contributed by atoms with Crippen LogP contribution < -0.4 is 16.0 Å². The Morgan fingerprint density at radius 1 is 1.26 bits per heavy atom. The van der Waals surface area contributed by atoms with Crippen LogP contribution >= 0.6 is 24.0 Å². The fourth-order valence-electron chi connectivity index (χ4n) is 4.77. The first-order chi connectivity index (χ1) is 14.5. The summed E-state index contributed by atoms with van der Waals surface area (Å²) in [5, 5.41) is 3.53. The first-order valence-electron chi connectivity index (χ1n) is 11.4. The van der Waals surface area contributed by atoms with Crippen LogP contribution in [0.2, 0.25) is 0 Å². The zero-order valence-electron chi connectivity index (χ0n) is 19.2. The minimum absolute atomic E-state index is 0. The van der Waals surface area contributed by atoms with Crippen molar-refractivity contribution in [2.45, 2.75) is 52.0 Å². The molecule has 3 N–H and O–H groups in total. The summed E-state index contributed by atoms with van der Waals surface area (Å²) in [7, 11) is 3.98. The topological polar surface area (TPSA) is 86.9 Å². The molecule has 2 fully saturated rings. The van der Waals surface area contributed by atoms with Crippen LogP contribution in [0.4, 0.5) is 5.82 Å². The monoisotopic (exact) mass is 542 g/mol. The van der Waals surface area contributed by atoms with Gasteiger partial charge in [0.1, 0.15) is 5.82 Å². The second-order valence-electron chi connectivity index (χ2n) is 9.06. The number of hydrogen-bond donors (Lipinski definition) is 2. The number of hydrogen-bond acceptors (Lipinski definition) is 4. The highest BCUT2D eigenvalue weighted by Gasteiger charge is 2.25. The molecule has 7 nitrogen and oxygen atoms in total. The lowest BCUT2D eigenvalue weighted by atomic mass is 9.83. The predicted octanol–water partition coefficient (Wildman–Crippen LogP) is 3.23. The molecule has 1 aliphatic carbocycles. The maximum absolute atomic E-state index is 11.5. The van der Waals surface area contributed by atoms with Crippen LogP contribution in [0.25, 0.3) is 0 Å². The largest absolute Gasteiger partial charge is 0.369 e. The highest BCUT2D eigenvalue weighted by molar-refractivity contribution is 14.0. The van der Waals surface area contributed by atoms with E-state index in [0.717, 1.165) is 61.7 Å². The van der Waals surface area contributed by atoms with Crippen molar-refractivity contribution in [3.05, 3.63) is 23.9 Å². The molecule has 8 heteroatoms. The van der Waals surface area contributed by atoms with Crippen molar-refractivity contribution in [2.75, 3.05) is 38.6 Å². The third kappa shape index (κ3) is 7.22. The Morgan fingerprint density at radius 2 is 1.94 bits per heavy atom. The maximum atomic E-state index is 11.5. The van der Waals surface area contributed by atoms with Crippen LogP contribution in [0.1, 0.15) is 51.0 Å². The number of nitrogens with zero attached hydrogens (tertiary/aromatic N) is 4. The molecule has 0 bridgehead atoms. The van der Waals surface area contributed by atoms with E-state index in [-0.39, 0.29) is 35.8 Å². The van der Waals surface area contributed by atoms with Crippen LogP contribution in [0.5, 0.6) is 0 Å². The minimum atomic E-state index is -0.183. The van der Waals surface area contributed by atoms with E-state index in [9.17, 15) is 4.79 Å². The molecule has 0 aromatic carbocycles. The summed E-state index contributed by atoms with van der Waals surface area (Å²) in [4.78, 5) is 25.1. The van der Waals surface area contributed by atoms with Gasteiger partial charge in [-0.25, -0.2) is 4.98 Å². The highest BCUT2D eigenvalue weighted by Crippen LogP contribution is 2.29. The Balaban J connectivity index is 0.00000341. The van der Waals surface area contributed by atoms with Gasteiger partial charge in [0.15, 0.2) is 5.96 Å². The number of carbonyl (C=O) groups is 1. The Hall–Kier alpha value is -1.58. The summed E-state index contributed by atoms with van der Waals surface area (Å²) in [6, 6.07) is 4.09. The van der Waals surface area contributed by atoms with Crippen molar-refractivity contribution in [3.8, 4) is 0 Å². The fourth-order valence-corrected chi connectivity index (χ4v) is 4.77. The number of nitrogens with two attached hydrogens (primary N) is 1. The van der Waals surface area contributed by atoms with Crippen molar-refractivity contribution in [1.82, 2.24) is 15.2 Å². The predicted molar refractivity (Wildman–Crippen MR) is 138 cm³/mol. The average Bonchev–Trinajstić information content (AvgIpc) is 2.76. The van der Waals surface area contributed by atoms with Gasteiger partial charge in [0.05, 0.1) is 0 Å². The molecule has 1 amide bonds. The summed E-state index contributed by atoms with van der Waals surface area (Å²) in [6.07, 6.45) is 8.75. The number of carbonyl (C=O) groups excluding carboxylic acids is 1. The number of aromatic nitrogens is 1. The van der Waals surface area contributed by atoms with E-state index in [1.54, 1.807) is 0 Å². The molecular formula is C23H39IN6O. The summed E-state index contributed by atoms with van der Waals surface area (Å²) in [6.45, 7) is 5.71. The quantitative estimate of drug-likeness (QED) is 0.328.